The zero-order valence-electron chi connectivity index (χ0n) is 15.9. The second-order valence-electron chi connectivity index (χ2n) is 6.93. The van der Waals surface area contributed by atoms with Gasteiger partial charge in [0, 0.05) is 25.6 Å². The predicted molar refractivity (Wildman–Crippen MR) is 109 cm³/mol. The number of nitrogens with one attached hydrogen (secondary N) is 1. The summed E-state index contributed by atoms with van der Waals surface area (Å²) in [6.07, 6.45) is 0.971. The van der Waals surface area contributed by atoms with Gasteiger partial charge in [-0.05, 0) is 52.1 Å². The molecule has 0 atom stereocenters. The van der Waals surface area contributed by atoms with Crippen LogP contribution in [0.5, 0.6) is 5.75 Å². The van der Waals surface area contributed by atoms with Gasteiger partial charge < -0.3 is 14.8 Å². The highest BCUT2D eigenvalue weighted by atomic mass is 16.5. The van der Waals surface area contributed by atoms with Gasteiger partial charge in [0.15, 0.2) is 0 Å². The number of carbonyl (C=O) groups excluding carboxylic acids is 1. The molecule has 0 aliphatic carbocycles. The highest BCUT2D eigenvalue weighted by molar-refractivity contribution is 5.94. The van der Waals surface area contributed by atoms with E-state index in [0.29, 0.717) is 18.7 Å². The maximum Gasteiger partial charge on any atom is 0.251 e. The molecule has 4 rings (SSSR count). The fourth-order valence-corrected chi connectivity index (χ4v) is 3.43. The van der Waals surface area contributed by atoms with Crippen LogP contribution >= 0.6 is 0 Å². The summed E-state index contributed by atoms with van der Waals surface area (Å²) in [5.41, 5.74) is 6.32. The van der Waals surface area contributed by atoms with E-state index in [1.807, 2.05) is 30.3 Å². The van der Waals surface area contributed by atoms with Crippen LogP contribution in [0.25, 0.3) is 11.1 Å². The molecule has 142 valence electrons. The molecule has 0 fully saturated rings. The molecule has 1 amide bonds. The Hall–Kier alpha value is -3.11. The third kappa shape index (κ3) is 4.07. The lowest BCUT2D eigenvalue weighted by Gasteiger charge is -2.09. The van der Waals surface area contributed by atoms with Crippen LogP contribution in [-0.4, -0.2) is 19.6 Å². The van der Waals surface area contributed by atoms with Crippen molar-refractivity contribution in [2.45, 2.75) is 19.6 Å². The standard InChI is InChI=1S/C24H23NO3/c1-27-16-18-3-2-4-22(13-18)24(26)25-15-17-5-7-19(8-6-17)20-9-10-23-21(14-20)11-12-28-23/h2-10,13-14H,11-12,15-16H2,1H3,(H,25,26). The molecular weight excluding hydrogens is 350 g/mol. The van der Waals surface area contributed by atoms with E-state index in [9.17, 15) is 4.79 Å². The summed E-state index contributed by atoms with van der Waals surface area (Å²) in [7, 11) is 1.65. The van der Waals surface area contributed by atoms with Crippen molar-refractivity contribution in [3.05, 3.63) is 89.0 Å². The molecule has 4 nitrogen and oxygen atoms in total. The molecule has 0 spiro atoms. The third-order valence-electron chi connectivity index (χ3n) is 4.93. The number of rotatable bonds is 6. The molecule has 1 heterocycles. The fourth-order valence-electron chi connectivity index (χ4n) is 3.43. The van der Waals surface area contributed by atoms with Crippen LogP contribution < -0.4 is 10.1 Å². The normalized spacial score (nSPS) is 12.3. The number of fused-ring (bicyclic) bond motifs is 1. The number of benzene rings is 3. The quantitative estimate of drug-likeness (QED) is 0.698. The van der Waals surface area contributed by atoms with E-state index in [-0.39, 0.29) is 5.91 Å². The zero-order chi connectivity index (χ0) is 19.3. The van der Waals surface area contributed by atoms with E-state index < -0.39 is 0 Å². The minimum atomic E-state index is -0.0827. The van der Waals surface area contributed by atoms with Gasteiger partial charge in [0.05, 0.1) is 13.2 Å². The maximum atomic E-state index is 12.4. The minimum Gasteiger partial charge on any atom is -0.493 e. The number of methoxy groups -OCH3 is 1. The highest BCUT2D eigenvalue weighted by Gasteiger charge is 2.12. The van der Waals surface area contributed by atoms with Gasteiger partial charge in [-0.1, -0.05) is 42.5 Å². The number of ether oxygens (including phenoxy) is 2. The largest absolute Gasteiger partial charge is 0.493 e. The number of carbonyl (C=O) groups is 1. The summed E-state index contributed by atoms with van der Waals surface area (Å²) < 4.78 is 10.7. The Balaban J connectivity index is 1.39. The SMILES string of the molecule is COCc1cccc(C(=O)NCc2ccc(-c3ccc4c(c3)CCO4)cc2)c1. The van der Waals surface area contributed by atoms with Gasteiger partial charge in [0.1, 0.15) is 5.75 Å². The highest BCUT2D eigenvalue weighted by Crippen LogP contribution is 2.30. The van der Waals surface area contributed by atoms with E-state index >= 15 is 0 Å². The van der Waals surface area contributed by atoms with Gasteiger partial charge in [-0.2, -0.15) is 0 Å². The average molecular weight is 373 g/mol. The van der Waals surface area contributed by atoms with Gasteiger partial charge in [0.25, 0.3) is 5.91 Å². The first kappa shape index (κ1) is 18.3. The molecule has 0 saturated carbocycles. The Morgan fingerprint density at radius 2 is 1.82 bits per heavy atom. The molecule has 0 aromatic heterocycles. The summed E-state index contributed by atoms with van der Waals surface area (Å²) in [5, 5.41) is 2.98. The monoisotopic (exact) mass is 373 g/mol. The molecule has 0 unspecified atom stereocenters. The van der Waals surface area contributed by atoms with Gasteiger partial charge in [-0.15, -0.1) is 0 Å². The van der Waals surface area contributed by atoms with Gasteiger partial charge in [0.2, 0.25) is 0 Å². The first-order valence-corrected chi connectivity index (χ1v) is 9.44. The molecule has 0 saturated heterocycles. The van der Waals surface area contributed by atoms with E-state index in [4.69, 9.17) is 9.47 Å². The van der Waals surface area contributed by atoms with Crippen LogP contribution in [0.2, 0.25) is 0 Å². The Morgan fingerprint density at radius 3 is 2.64 bits per heavy atom. The number of hydrogen-bond acceptors (Lipinski definition) is 3. The fraction of sp³-hybridized carbons (Fsp3) is 0.208. The predicted octanol–water partition coefficient (Wildman–Crippen LogP) is 4.36. The minimum absolute atomic E-state index is 0.0827. The molecule has 1 aliphatic heterocycles. The Kier molecular flexibility index (Phi) is 5.40. The van der Waals surface area contributed by atoms with Crippen molar-refractivity contribution in [3.8, 4) is 16.9 Å². The van der Waals surface area contributed by atoms with Crippen molar-refractivity contribution in [3.63, 3.8) is 0 Å². The summed E-state index contributed by atoms with van der Waals surface area (Å²) in [6.45, 7) is 1.76. The topological polar surface area (TPSA) is 47.6 Å². The van der Waals surface area contributed by atoms with Gasteiger partial charge >= 0.3 is 0 Å². The lowest BCUT2D eigenvalue weighted by atomic mass is 10.0. The van der Waals surface area contributed by atoms with Crippen molar-refractivity contribution in [1.29, 1.82) is 0 Å². The van der Waals surface area contributed by atoms with Crippen molar-refractivity contribution >= 4 is 5.91 Å². The van der Waals surface area contributed by atoms with Crippen LogP contribution in [0.15, 0.2) is 66.7 Å². The van der Waals surface area contributed by atoms with Crippen LogP contribution in [0.1, 0.15) is 27.0 Å². The summed E-state index contributed by atoms with van der Waals surface area (Å²) in [5.74, 6) is 0.915. The molecule has 0 bridgehead atoms. The lowest BCUT2D eigenvalue weighted by molar-refractivity contribution is 0.0950. The average Bonchev–Trinajstić information content (AvgIpc) is 3.21. The molecule has 28 heavy (non-hydrogen) atoms. The smallest absolute Gasteiger partial charge is 0.251 e. The van der Waals surface area contributed by atoms with E-state index in [0.717, 1.165) is 35.5 Å². The molecule has 0 radical (unpaired) electrons. The Bertz CT molecular complexity index is 979. The van der Waals surface area contributed by atoms with E-state index in [1.54, 1.807) is 7.11 Å². The second-order valence-corrected chi connectivity index (χ2v) is 6.93. The van der Waals surface area contributed by atoms with Gasteiger partial charge in [-0.25, -0.2) is 0 Å². The van der Waals surface area contributed by atoms with Crippen LogP contribution in [0.4, 0.5) is 0 Å². The number of hydrogen-bond donors (Lipinski definition) is 1. The van der Waals surface area contributed by atoms with E-state index in [1.165, 1.54) is 11.1 Å². The third-order valence-corrected chi connectivity index (χ3v) is 4.93. The first-order valence-electron chi connectivity index (χ1n) is 9.44. The van der Waals surface area contributed by atoms with Crippen molar-refractivity contribution in [2.75, 3.05) is 13.7 Å². The molecule has 4 heteroatoms. The summed E-state index contributed by atoms with van der Waals surface area (Å²) in [6, 6.07) is 22.1. The Morgan fingerprint density at radius 1 is 1.00 bits per heavy atom. The number of amides is 1. The zero-order valence-corrected chi connectivity index (χ0v) is 15.9. The molecule has 1 N–H and O–H groups in total. The van der Waals surface area contributed by atoms with Gasteiger partial charge in [-0.3, -0.25) is 4.79 Å². The lowest BCUT2D eigenvalue weighted by Crippen LogP contribution is -2.22. The summed E-state index contributed by atoms with van der Waals surface area (Å²) in [4.78, 5) is 12.4. The van der Waals surface area contributed by atoms with E-state index in [2.05, 4.69) is 41.7 Å². The Labute approximate surface area is 165 Å². The maximum absolute atomic E-state index is 12.4. The molecular formula is C24H23NO3. The molecule has 3 aromatic carbocycles. The molecule has 1 aliphatic rings. The van der Waals surface area contributed by atoms with Crippen molar-refractivity contribution in [1.82, 2.24) is 5.32 Å². The molecule has 3 aromatic rings. The second kappa shape index (κ2) is 8.28. The summed E-state index contributed by atoms with van der Waals surface area (Å²) >= 11 is 0. The van der Waals surface area contributed by atoms with Crippen LogP contribution in [-0.2, 0) is 24.3 Å². The van der Waals surface area contributed by atoms with Crippen LogP contribution in [0, 0.1) is 0 Å². The van der Waals surface area contributed by atoms with Crippen molar-refractivity contribution in [2.24, 2.45) is 0 Å². The van der Waals surface area contributed by atoms with Crippen LogP contribution in [0.3, 0.4) is 0 Å². The first-order chi connectivity index (χ1) is 13.7. The van der Waals surface area contributed by atoms with Crippen molar-refractivity contribution < 1.29 is 14.3 Å².